The standard InChI is InChI=1S/C35H53O2P.C12H9N.CH4O3S.Pd/c1-24(2)28-20-15-21-29(25(3)4)32(28)33-30(36-8)22-23-31(37-35(5,6)7)34(33)38(26-16-11-9-12-17-26)27-18-13-10-14-19-27;13-12-9-5-4-8-11(12)10-6-2-1-3-7-10;1-5(2,3)4;/h15,20-27H,9-14,16-19H2,1-8H3;1-6,8-9,13H;1H3,(H,2,3,4);/q;-2;;+2. The predicted octanol–water partition coefficient (Wildman–Crippen LogP) is 13.9. The Hall–Kier alpha value is -2.72. The minimum Gasteiger partial charge on any atom is -0.706 e. The van der Waals surface area contributed by atoms with Gasteiger partial charge in [-0.2, -0.15) is 14.1 Å². The number of nitrogens with one attached hydrogen (secondary N) is 1. The zero-order valence-electron chi connectivity index (χ0n) is 35.6. The van der Waals surface area contributed by atoms with E-state index in [1.807, 2.05) is 49.6 Å². The molecule has 6 nitrogen and oxygen atoms in total. The molecule has 0 radical (unpaired) electrons. The van der Waals surface area contributed by atoms with Gasteiger partial charge in [0.25, 0.3) is 10.1 Å². The summed E-state index contributed by atoms with van der Waals surface area (Å²) >= 11 is 0. The van der Waals surface area contributed by atoms with E-state index in [0.717, 1.165) is 33.9 Å². The number of hydrogen-bond acceptors (Lipinski definition) is 4. The van der Waals surface area contributed by atoms with Crippen molar-refractivity contribution in [1.29, 1.82) is 0 Å². The molecule has 0 saturated heterocycles. The van der Waals surface area contributed by atoms with Crippen molar-refractivity contribution in [2.24, 2.45) is 0 Å². The smallest absolute Gasteiger partial charge is 0.706 e. The first-order chi connectivity index (χ1) is 26.5. The van der Waals surface area contributed by atoms with Gasteiger partial charge in [0, 0.05) is 10.9 Å². The van der Waals surface area contributed by atoms with Crippen molar-refractivity contribution in [1.82, 2.24) is 0 Å². The largest absolute Gasteiger partial charge is 2.00 e. The van der Waals surface area contributed by atoms with E-state index in [2.05, 4.69) is 84.9 Å². The Balaban J connectivity index is 0.000000377. The summed E-state index contributed by atoms with van der Waals surface area (Å²) in [7, 11) is -2.20. The van der Waals surface area contributed by atoms with E-state index in [-0.39, 0.29) is 26.0 Å². The molecule has 57 heavy (non-hydrogen) atoms. The van der Waals surface area contributed by atoms with Gasteiger partial charge in [-0.1, -0.05) is 117 Å². The van der Waals surface area contributed by atoms with Crippen LogP contribution in [0.25, 0.3) is 28.0 Å². The second kappa shape index (κ2) is 22.6. The minimum atomic E-state index is -3.67. The molecule has 2 aliphatic rings. The fourth-order valence-electron chi connectivity index (χ4n) is 8.13. The van der Waals surface area contributed by atoms with Gasteiger partial charge in [-0.05, 0) is 98.4 Å². The maximum atomic E-state index is 9.19. The van der Waals surface area contributed by atoms with E-state index < -0.39 is 18.0 Å². The van der Waals surface area contributed by atoms with Crippen LogP contribution in [0.15, 0.2) is 78.9 Å². The molecule has 2 aliphatic carbocycles. The van der Waals surface area contributed by atoms with Crippen molar-refractivity contribution >= 4 is 29.0 Å². The van der Waals surface area contributed by atoms with Crippen LogP contribution in [-0.2, 0) is 30.5 Å². The van der Waals surface area contributed by atoms with Crippen LogP contribution in [0.2, 0.25) is 0 Å². The zero-order chi connectivity index (χ0) is 41.0. The molecule has 0 aromatic heterocycles. The van der Waals surface area contributed by atoms with Gasteiger partial charge in [-0.25, -0.2) is 0 Å². The fraction of sp³-hybridized carbons (Fsp3) is 0.500. The first kappa shape index (κ1) is 48.6. The predicted molar refractivity (Wildman–Crippen MR) is 239 cm³/mol. The quantitative estimate of drug-likeness (QED) is 0.0781. The average molecular weight is 907 g/mol. The van der Waals surface area contributed by atoms with Crippen LogP contribution in [0.1, 0.15) is 136 Å². The van der Waals surface area contributed by atoms with E-state index in [0.29, 0.717) is 23.8 Å². The topological polar surface area (TPSA) is 96.6 Å². The number of ether oxygens (including phenoxy) is 2. The summed E-state index contributed by atoms with van der Waals surface area (Å²) in [6, 6.07) is 29.8. The molecule has 2 saturated carbocycles. The molecule has 2 fully saturated rings. The Morgan fingerprint density at radius 3 is 1.67 bits per heavy atom. The summed E-state index contributed by atoms with van der Waals surface area (Å²) in [4.78, 5) is 0. The summed E-state index contributed by atoms with van der Waals surface area (Å²) < 4.78 is 39.1. The molecule has 2 N–H and O–H groups in total. The number of benzene rings is 4. The summed E-state index contributed by atoms with van der Waals surface area (Å²) in [5.74, 6) is 3.01. The second-order valence-electron chi connectivity index (χ2n) is 16.9. The zero-order valence-corrected chi connectivity index (χ0v) is 38.9. The van der Waals surface area contributed by atoms with Crippen molar-refractivity contribution < 1.29 is 42.9 Å². The van der Waals surface area contributed by atoms with Gasteiger partial charge < -0.3 is 15.2 Å². The molecule has 0 amide bonds. The van der Waals surface area contributed by atoms with Crippen LogP contribution in [0.5, 0.6) is 11.5 Å². The maximum Gasteiger partial charge on any atom is 2.00 e. The first-order valence-corrected chi connectivity index (χ1v) is 23.8. The minimum absolute atomic E-state index is 0. The Bertz CT molecular complexity index is 1880. The SMILES string of the molecule is COc1ccc(OC(C)(C)C)c(P(C2CCCCC2)C2CCCCC2)c1-c1c(C(C)C)cccc1C(C)C.CS(=O)(=O)O.[NH-]c1ccccc1-c1[c-]cccc1.[Pd+2]. The van der Waals surface area contributed by atoms with E-state index in [1.54, 1.807) is 6.07 Å². The Kier molecular flexibility index (Phi) is 19.3. The number of hydrogen-bond donors (Lipinski definition) is 1. The molecular weight excluding hydrogens is 840 g/mol. The van der Waals surface area contributed by atoms with E-state index in [9.17, 15) is 8.42 Å². The van der Waals surface area contributed by atoms with Crippen LogP contribution in [0.4, 0.5) is 5.69 Å². The summed E-state index contributed by atoms with van der Waals surface area (Å²) in [5.41, 5.74) is 17.1. The van der Waals surface area contributed by atoms with Gasteiger partial charge in [-0.15, -0.1) is 41.5 Å². The Morgan fingerprint density at radius 2 is 1.23 bits per heavy atom. The van der Waals surface area contributed by atoms with Crippen LogP contribution >= 0.6 is 7.92 Å². The maximum absolute atomic E-state index is 9.19. The van der Waals surface area contributed by atoms with Gasteiger partial charge >= 0.3 is 20.4 Å². The van der Waals surface area contributed by atoms with Crippen LogP contribution < -0.4 is 14.8 Å². The molecule has 0 spiro atoms. The average Bonchev–Trinajstić information content (AvgIpc) is 3.15. The van der Waals surface area contributed by atoms with Crippen molar-refractivity contribution in [2.75, 3.05) is 13.4 Å². The third-order valence-electron chi connectivity index (χ3n) is 10.5. The molecule has 0 aliphatic heterocycles. The van der Waals surface area contributed by atoms with Gasteiger partial charge in [-0.3, -0.25) is 4.55 Å². The molecule has 0 unspecified atom stereocenters. The summed E-state index contributed by atoms with van der Waals surface area (Å²) in [6.45, 7) is 16.0. The van der Waals surface area contributed by atoms with Gasteiger partial charge in [0.2, 0.25) is 0 Å². The molecular formula is C48H66NO5PPdS. The molecule has 0 heterocycles. The molecule has 9 heteroatoms. The normalized spacial score (nSPS) is 15.2. The van der Waals surface area contributed by atoms with Crippen LogP contribution in [-0.4, -0.2) is 43.3 Å². The van der Waals surface area contributed by atoms with Crippen molar-refractivity contribution in [2.45, 2.75) is 141 Å². The fourth-order valence-corrected chi connectivity index (χ4v) is 12.2. The number of rotatable bonds is 9. The van der Waals surface area contributed by atoms with Crippen LogP contribution in [0.3, 0.4) is 0 Å². The van der Waals surface area contributed by atoms with Crippen molar-refractivity contribution in [3.05, 3.63) is 102 Å². The molecule has 314 valence electrons. The van der Waals surface area contributed by atoms with E-state index in [1.165, 1.54) is 91.8 Å². The van der Waals surface area contributed by atoms with Crippen molar-refractivity contribution in [3.8, 4) is 33.8 Å². The third-order valence-corrected chi connectivity index (χ3v) is 14.0. The molecule has 4 aromatic carbocycles. The van der Waals surface area contributed by atoms with Crippen molar-refractivity contribution in [3.63, 3.8) is 0 Å². The summed E-state index contributed by atoms with van der Waals surface area (Å²) in [5, 5.41) is 1.52. The first-order valence-electron chi connectivity index (χ1n) is 20.5. The Labute approximate surface area is 360 Å². The Morgan fingerprint density at radius 1 is 0.737 bits per heavy atom. The molecule has 4 aromatic rings. The number of methoxy groups -OCH3 is 1. The van der Waals surface area contributed by atoms with Gasteiger partial charge in [0.1, 0.15) is 17.1 Å². The molecule has 0 atom stereocenters. The van der Waals surface area contributed by atoms with E-state index in [4.69, 9.17) is 19.8 Å². The van der Waals surface area contributed by atoms with E-state index >= 15 is 0 Å². The molecule has 0 bridgehead atoms. The van der Waals surface area contributed by atoms with Gasteiger partial charge in [0.05, 0.1) is 13.4 Å². The second-order valence-corrected chi connectivity index (χ2v) is 21.1. The van der Waals surface area contributed by atoms with Gasteiger partial charge in [0.15, 0.2) is 0 Å². The third kappa shape index (κ3) is 14.5. The summed E-state index contributed by atoms with van der Waals surface area (Å²) in [6.07, 6.45) is 14.5. The monoisotopic (exact) mass is 905 g/mol. The van der Waals surface area contributed by atoms with Crippen LogP contribution in [0, 0.1) is 6.07 Å². The molecule has 6 rings (SSSR count).